The molecule has 0 bridgehead atoms. The number of hydrogen-bond acceptors (Lipinski definition) is 2. The Morgan fingerprint density at radius 2 is 0.873 bits per heavy atom. The van der Waals surface area contributed by atoms with E-state index >= 15 is 0 Å². The Morgan fingerprint density at radius 3 is 1.62 bits per heavy atom. The van der Waals surface area contributed by atoms with Crippen LogP contribution in [0, 0.1) is 0 Å². The highest BCUT2D eigenvalue weighted by Crippen LogP contribution is 2.53. The van der Waals surface area contributed by atoms with Gasteiger partial charge in [0.25, 0.3) is 0 Å². The molecule has 1 heterocycles. The van der Waals surface area contributed by atoms with Crippen LogP contribution >= 0.6 is 0 Å². The summed E-state index contributed by atoms with van der Waals surface area (Å²) in [6, 6.07) is 69.5. The number of nitrogens with zero attached hydrogens (tertiary/aromatic N) is 2. The van der Waals surface area contributed by atoms with Crippen molar-refractivity contribution in [2.24, 2.45) is 0 Å². The molecule has 0 saturated heterocycles. The quantitative estimate of drug-likeness (QED) is 0.172. The lowest BCUT2D eigenvalue weighted by molar-refractivity contribution is 0.661. The van der Waals surface area contributed by atoms with Crippen LogP contribution in [0.4, 0.5) is 0 Å². The van der Waals surface area contributed by atoms with Gasteiger partial charge in [0.1, 0.15) is 0 Å². The second kappa shape index (κ2) is 13.2. The van der Waals surface area contributed by atoms with Crippen LogP contribution in [-0.2, 0) is 5.41 Å². The molecule has 0 spiro atoms. The maximum atomic E-state index is 5.22. The molecule has 1 aliphatic rings. The van der Waals surface area contributed by atoms with Crippen LogP contribution in [0.5, 0.6) is 0 Å². The topological polar surface area (TPSA) is 25.8 Å². The van der Waals surface area contributed by atoms with E-state index in [0.29, 0.717) is 5.82 Å². The summed E-state index contributed by atoms with van der Waals surface area (Å²) in [5.41, 5.74) is 17.4. The molecular weight excluding hydrogens is 665 g/mol. The number of fused-ring (bicyclic) bond motifs is 4. The molecule has 1 aromatic heterocycles. The molecule has 10 rings (SSSR count). The number of benzene rings is 8. The highest BCUT2D eigenvalue weighted by atomic mass is 14.9. The fourth-order valence-corrected chi connectivity index (χ4v) is 8.44. The molecule has 0 atom stereocenters. The molecular formula is C53H38N2. The summed E-state index contributed by atoms with van der Waals surface area (Å²) < 4.78 is 0. The van der Waals surface area contributed by atoms with Crippen molar-refractivity contribution in [1.82, 2.24) is 9.97 Å². The van der Waals surface area contributed by atoms with Gasteiger partial charge >= 0.3 is 0 Å². The summed E-state index contributed by atoms with van der Waals surface area (Å²) in [6.07, 6.45) is 0. The van der Waals surface area contributed by atoms with Gasteiger partial charge in [0.15, 0.2) is 5.82 Å². The first-order valence-electron chi connectivity index (χ1n) is 19.0. The highest BCUT2D eigenvalue weighted by Gasteiger charge is 2.37. The van der Waals surface area contributed by atoms with E-state index in [-0.39, 0.29) is 5.41 Å². The predicted molar refractivity (Wildman–Crippen MR) is 230 cm³/mol. The van der Waals surface area contributed by atoms with E-state index in [1.165, 1.54) is 49.7 Å². The van der Waals surface area contributed by atoms with E-state index in [1.807, 2.05) is 18.2 Å². The van der Waals surface area contributed by atoms with E-state index in [1.54, 1.807) is 0 Å². The van der Waals surface area contributed by atoms with Crippen LogP contribution in [0.2, 0.25) is 0 Å². The van der Waals surface area contributed by atoms with Gasteiger partial charge in [0, 0.05) is 22.1 Å². The third-order valence-electron chi connectivity index (χ3n) is 11.3. The first-order valence-corrected chi connectivity index (χ1v) is 19.0. The van der Waals surface area contributed by atoms with E-state index in [0.717, 1.165) is 44.8 Å². The minimum atomic E-state index is -0.0819. The van der Waals surface area contributed by atoms with Gasteiger partial charge in [-0.3, -0.25) is 0 Å². The third-order valence-corrected chi connectivity index (χ3v) is 11.3. The monoisotopic (exact) mass is 702 g/mol. The van der Waals surface area contributed by atoms with Gasteiger partial charge in [-0.1, -0.05) is 184 Å². The average molecular weight is 703 g/mol. The summed E-state index contributed by atoms with van der Waals surface area (Å²) in [6.45, 7) is 4.72. The Morgan fingerprint density at radius 1 is 0.327 bits per heavy atom. The largest absolute Gasteiger partial charge is 0.228 e. The van der Waals surface area contributed by atoms with Crippen LogP contribution in [-0.4, -0.2) is 9.97 Å². The average Bonchev–Trinajstić information content (AvgIpc) is 3.48. The van der Waals surface area contributed by atoms with Crippen molar-refractivity contribution >= 4 is 10.8 Å². The van der Waals surface area contributed by atoms with Gasteiger partial charge in [-0.25, -0.2) is 9.97 Å². The van der Waals surface area contributed by atoms with Crippen molar-refractivity contribution in [3.05, 3.63) is 205 Å². The molecule has 0 amide bonds. The molecule has 1 aliphatic carbocycles. The van der Waals surface area contributed by atoms with E-state index in [2.05, 4.69) is 190 Å². The van der Waals surface area contributed by atoms with E-state index in [4.69, 9.17) is 9.97 Å². The SMILES string of the molecule is CC1(C)c2cc3ccccc3cc2-c2c(-c3ccc(-c4ccccc4-c4cc(-c5cccc(-c6ccccc6)c5)nc(-c5ccccc5)n4)cc3)cccc21. The van der Waals surface area contributed by atoms with Gasteiger partial charge in [-0.15, -0.1) is 0 Å². The summed E-state index contributed by atoms with van der Waals surface area (Å²) in [7, 11) is 0. The molecule has 0 saturated carbocycles. The van der Waals surface area contributed by atoms with Crippen molar-refractivity contribution in [3.63, 3.8) is 0 Å². The Balaban J connectivity index is 1.07. The predicted octanol–water partition coefficient (Wildman–Crippen LogP) is 13.9. The van der Waals surface area contributed by atoms with Crippen molar-refractivity contribution < 1.29 is 0 Å². The number of hydrogen-bond donors (Lipinski definition) is 0. The first-order chi connectivity index (χ1) is 27.0. The van der Waals surface area contributed by atoms with Crippen molar-refractivity contribution in [1.29, 1.82) is 0 Å². The molecule has 0 aliphatic heterocycles. The van der Waals surface area contributed by atoms with Crippen molar-refractivity contribution in [2.45, 2.75) is 19.3 Å². The molecule has 8 aromatic carbocycles. The lowest BCUT2D eigenvalue weighted by Crippen LogP contribution is -2.14. The highest BCUT2D eigenvalue weighted by molar-refractivity contribution is 5.99. The Kier molecular flexibility index (Phi) is 7.85. The van der Waals surface area contributed by atoms with E-state index < -0.39 is 0 Å². The molecule has 260 valence electrons. The second-order valence-corrected chi connectivity index (χ2v) is 15.0. The fraction of sp³-hybridized carbons (Fsp3) is 0.0566. The van der Waals surface area contributed by atoms with Crippen LogP contribution in [0.25, 0.3) is 89.2 Å². The minimum absolute atomic E-state index is 0.0819. The van der Waals surface area contributed by atoms with Gasteiger partial charge in [0.2, 0.25) is 0 Å². The molecule has 0 unspecified atom stereocenters. The lowest BCUT2D eigenvalue weighted by atomic mass is 9.81. The smallest absolute Gasteiger partial charge is 0.160 e. The zero-order chi connectivity index (χ0) is 36.9. The zero-order valence-electron chi connectivity index (χ0n) is 30.9. The van der Waals surface area contributed by atoms with Gasteiger partial charge in [-0.05, 0) is 90.7 Å². The fourth-order valence-electron chi connectivity index (χ4n) is 8.44. The molecule has 9 aromatic rings. The molecule has 0 radical (unpaired) electrons. The Hall–Kier alpha value is -6.90. The van der Waals surface area contributed by atoms with Gasteiger partial charge in [-0.2, -0.15) is 0 Å². The number of rotatable bonds is 6. The minimum Gasteiger partial charge on any atom is -0.228 e. The van der Waals surface area contributed by atoms with Crippen LogP contribution in [0.15, 0.2) is 194 Å². The maximum absolute atomic E-state index is 5.22. The maximum Gasteiger partial charge on any atom is 0.160 e. The Labute approximate surface area is 322 Å². The van der Waals surface area contributed by atoms with Crippen LogP contribution in [0.3, 0.4) is 0 Å². The van der Waals surface area contributed by atoms with Crippen molar-refractivity contribution in [2.75, 3.05) is 0 Å². The summed E-state index contributed by atoms with van der Waals surface area (Å²) >= 11 is 0. The zero-order valence-corrected chi connectivity index (χ0v) is 30.9. The summed E-state index contributed by atoms with van der Waals surface area (Å²) in [5, 5.41) is 2.57. The molecule has 2 nitrogen and oxygen atoms in total. The standard InChI is InChI=1S/C53H38N2/c1-53(2)47-26-14-25-44(51(47)46-32-40-19-9-10-20-41(40)33-48(46)53)37-29-27-36(28-30-37)43-23-11-12-24-45(43)50-34-49(54-52(55-50)38-17-7-4-8-18-38)42-22-13-21-39(31-42)35-15-5-3-6-16-35/h3-34H,1-2H3. The Bertz CT molecular complexity index is 2870. The van der Waals surface area contributed by atoms with Gasteiger partial charge < -0.3 is 0 Å². The van der Waals surface area contributed by atoms with Crippen LogP contribution in [0.1, 0.15) is 25.0 Å². The summed E-state index contributed by atoms with van der Waals surface area (Å²) in [4.78, 5) is 10.4. The normalized spacial score (nSPS) is 12.7. The molecule has 0 N–H and O–H groups in total. The summed E-state index contributed by atoms with van der Waals surface area (Å²) in [5.74, 6) is 0.706. The van der Waals surface area contributed by atoms with E-state index in [9.17, 15) is 0 Å². The van der Waals surface area contributed by atoms with Crippen LogP contribution < -0.4 is 0 Å². The number of aromatic nitrogens is 2. The third kappa shape index (κ3) is 5.75. The molecule has 2 heteroatoms. The van der Waals surface area contributed by atoms with Gasteiger partial charge in [0.05, 0.1) is 11.4 Å². The first kappa shape index (κ1) is 32.7. The second-order valence-electron chi connectivity index (χ2n) is 15.0. The molecule has 55 heavy (non-hydrogen) atoms. The lowest BCUT2D eigenvalue weighted by Gasteiger charge is -2.22. The van der Waals surface area contributed by atoms with Crippen molar-refractivity contribution in [3.8, 4) is 78.4 Å². The molecule has 0 fully saturated rings.